The molecule has 0 fully saturated rings. The quantitative estimate of drug-likeness (QED) is 0.899. The number of rotatable bonds is 4. The van der Waals surface area contributed by atoms with Crippen LogP contribution in [0, 0.1) is 32.1 Å². The molecule has 25 heavy (non-hydrogen) atoms. The van der Waals surface area contributed by atoms with E-state index >= 15 is 0 Å². The molecule has 0 bridgehead atoms. The van der Waals surface area contributed by atoms with Crippen molar-refractivity contribution in [2.75, 3.05) is 5.32 Å². The molecule has 1 atom stereocenters. The zero-order valence-electron chi connectivity index (χ0n) is 14.6. The number of hydrogen-bond donors (Lipinski definition) is 1. The van der Waals surface area contributed by atoms with E-state index in [0.717, 1.165) is 23.3 Å². The van der Waals surface area contributed by atoms with Gasteiger partial charge in [-0.15, -0.1) is 0 Å². The molecule has 0 saturated carbocycles. The maximum absolute atomic E-state index is 8.87. The largest absolute Gasteiger partial charge is 0.438 e. The molecule has 2 aromatic rings. The molecule has 3 rings (SSSR count). The molecular formula is C20H20N4O. The van der Waals surface area contributed by atoms with Gasteiger partial charge in [-0.05, 0) is 44.4 Å². The Bertz CT molecular complexity index is 870. The van der Waals surface area contributed by atoms with E-state index in [1.807, 2.05) is 26.0 Å². The topological polar surface area (TPSA) is 70.8 Å². The van der Waals surface area contributed by atoms with Gasteiger partial charge in [0.25, 0.3) is 0 Å². The fourth-order valence-electron chi connectivity index (χ4n) is 2.88. The third-order valence-electron chi connectivity index (χ3n) is 3.98. The minimum Gasteiger partial charge on any atom is -0.438 e. The van der Waals surface area contributed by atoms with E-state index in [9.17, 15) is 0 Å². The highest BCUT2D eigenvalue weighted by molar-refractivity contribution is 5.45. The molecule has 1 aliphatic rings. The van der Waals surface area contributed by atoms with Crippen molar-refractivity contribution in [2.45, 2.75) is 33.2 Å². The summed E-state index contributed by atoms with van der Waals surface area (Å²) in [4.78, 5) is 8.69. The Hall–Kier alpha value is -3.13. The lowest BCUT2D eigenvalue weighted by Gasteiger charge is -2.17. The van der Waals surface area contributed by atoms with Crippen LogP contribution in [-0.2, 0) is 0 Å². The molecule has 1 aromatic heterocycles. The number of nitrogens with zero attached hydrogens (tertiary/aromatic N) is 3. The Kier molecular flexibility index (Phi) is 4.80. The summed E-state index contributed by atoms with van der Waals surface area (Å²) in [6, 6.07) is 8.13. The third-order valence-corrected chi connectivity index (χ3v) is 3.98. The number of hydrogen-bond acceptors (Lipinski definition) is 5. The Morgan fingerprint density at radius 1 is 1.24 bits per heavy atom. The first-order valence-corrected chi connectivity index (χ1v) is 8.19. The second-order valence-corrected chi connectivity index (χ2v) is 6.17. The standard InChI is InChI=1S/C20H20N4O/c1-13-10-14(2)19(15(3)11-13)25-18-8-9-22-20(24-18)23-17-6-4-16(12-21)5-7-17/h4-6,8-11,17H,7H2,1-3H3,(H,22,23,24). The summed E-state index contributed by atoms with van der Waals surface area (Å²) in [5.41, 5.74) is 4.05. The first kappa shape index (κ1) is 16.7. The van der Waals surface area contributed by atoms with Crippen LogP contribution in [0.15, 0.2) is 48.2 Å². The van der Waals surface area contributed by atoms with Crippen LogP contribution in [0.2, 0.25) is 0 Å². The summed E-state index contributed by atoms with van der Waals surface area (Å²) in [6.07, 6.45) is 8.05. The van der Waals surface area contributed by atoms with Crippen LogP contribution in [0.5, 0.6) is 11.6 Å². The average molecular weight is 332 g/mol. The first-order valence-electron chi connectivity index (χ1n) is 8.19. The summed E-state index contributed by atoms with van der Waals surface area (Å²) in [7, 11) is 0. The third kappa shape index (κ3) is 4.04. The predicted molar refractivity (Wildman–Crippen MR) is 97.6 cm³/mol. The van der Waals surface area contributed by atoms with Gasteiger partial charge >= 0.3 is 0 Å². The number of benzene rings is 1. The summed E-state index contributed by atoms with van der Waals surface area (Å²) in [5.74, 6) is 1.83. The van der Waals surface area contributed by atoms with Gasteiger partial charge in [-0.3, -0.25) is 0 Å². The van der Waals surface area contributed by atoms with Gasteiger partial charge in [0.2, 0.25) is 11.8 Å². The molecule has 0 radical (unpaired) electrons. The molecule has 0 saturated heterocycles. The van der Waals surface area contributed by atoms with Crippen molar-refractivity contribution in [3.05, 3.63) is 64.9 Å². The molecule has 1 aliphatic carbocycles. The van der Waals surface area contributed by atoms with Crippen LogP contribution in [0.1, 0.15) is 23.1 Å². The van der Waals surface area contributed by atoms with Gasteiger partial charge in [0.15, 0.2) is 0 Å². The SMILES string of the molecule is Cc1cc(C)c(Oc2ccnc(NC3C=CC(C#N)=CC3)n2)c(C)c1. The molecule has 5 heteroatoms. The highest BCUT2D eigenvalue weighted by atomic mass is 16.5. The molecule has 5 nitrogen and oxygen atoms in total. The lowest BCUT2D eigenvalue weighted by Crippen LogP contribution is -2.19. The Labute approximate surface area is 147 Å². The lowest BCUT2D eigenvalue weighted by atomic mass is 10.0. The van der Waals surface area contributed by atoms with Crippen LogP contribution in [-0.4, -0.2) is 16.0 Å². The maximum Gasteiger partial charge on any atom is 0.226 e. The van der Waals surface area contributed by atoms with E-state index < -0.39 is 0 Å². The fourth-order valence-corrected chi connectivity index (χ4v) is 2.88. The molecule has 1 heterocycles. The number of allylic oxidation sites excluding steroid dienone is 2. The number of aromatic nitrogens is 2. The molecule has 0 amide bonds. The van der Waals surface area contributed by atoms with E-state index in [0.29, 0.717) is 17.4 Å². The highest BCUT2D eigenvalue weighted by Crippen LogP contribution is 2.29. The zero-order chi connectivity index (χ0) is 17.8. The normalized spacial score (nSPS) is 16.1. The highest BCUT2D eigenvalue weighted by Gasteiger charge is 2.12. The van der Waals surface area contributed by atoms with Crippen LogP contribution in [0.25, 0.3) is 0 Å². The smallest absolute Gasteiger partial charge is 0.226 e. The number of aryl methyl sites for hydroxylation is 3. The number of nitrogens with one attached hydrogen (secondary N) is 1. The van der Waals surface area contributed by atoms with E-state index in [1.165, 1.54) is 5.56 Å². The first-order chi connectivity index (χ1) is 12.0. The van der Waals surface area contributed by atoms with Crippen molar-refractivity contribution >= 4 is 5.95 Å². The van der Waals surface area contributed by atoms with E-state index in [4.69, 9.17) is 10.00 Å². The van der Waals surface area contributed by atoms with E-state index in [-0.39, 0.29) is 6.04 Å². The van der Waals surface area contributed by atoms with Crippen LogP contribution in [0.4, 0.5) is 5.95 Å². The van der Waals surface area contributed by atoms with Crippen molar-refractivity contribution < 1.29 is 4.74 Å². The molecule has 1 N–H and O–H groups in total. The second-order valence-electron chi connectivity index (χ2n) is 6.17. The van der Waals surface area contributed by atoms with Gasteiger partial charge in [-0.2, -0.15) is 10.2 Å². The monoisotopic (exact) mass is 332 g/mol. The Balaban J connectivity index is 1.74. The van der Waals surface area contributed by atoms with Crippen LogP contribution < -0.4 is 10.1 Å². The summed E-state index contributed by atoms with van der Waals surface area (Å²) in [6.45, 7) is 6.13. The van der Waals surface area contributed by atoms with Gasteiger partial charge in [0.1, 0.15) is 5.75 Å². The Morgan fingerprint density at radius 2 is 2.00 bits per heavy atom. The molecule has 0 aliphatic heterocycles. The van der Waals surface area contributed by atoms with Crippen LogP contribution >= 0.6 is 0 Å². The lowest BCUT2D eigenvalue weighted by molar-refractivity contribution is 0.455. The maximum atomic E-state index is 8.87. The van der Waals surface area contributed by atoms with Gasteiger partial charge < -0.3 is 10.1 Å². The molecule has 0 spiro atoms. The summed E-state index contributed by atoms with van der Waals surface area (Å²) < 4.78 is 6.00. The summed E-state index contributed by atoms with van der Waals surface area (Å²) >= 11 is 0. The van der Waals surface area contributed by atoms with Crippen molar-refractivity contribution in [3.8, 4) is 17.7 Å². The Morgan fingerprint density at radius 3 is 2.64 bits per heavy atom. The molecule has 1 aromatic carbocycles. The van der Waals surface area contributed by atoms with Crippen molar-refractivity contribution in [2.24, 2.45) is 0 Å². The van der Waals surface area contributed by atoms with Crippen molar-refractivity contribution in [3.63, 3.8) is 0 Å². The number of nitriles is 1. The van der Waals surface area contributed by atoms with Gasteiger partial charge in [-0.25, -0.2) is 4.98 Å². The second kappa shape index (κ2) is 7.18. The molecule has 1 unspecified atom stereocenters. The fraction of sp³-hybridized carbons (Fsp3) is 0.250. The van der Waals surface area contributed by atoms with E-state index in [2.05, 4.69) is 40.4 Å². The predicted octanol–water partition coefficient (Wildman–Crippen LogP) is 4.38. The van der Waals surface area contributed by atoms with Gasteiger partial charge in [0.05, 0.1) is 12.1 Å². The zero-order valence-corrected chi connectivity index (χ0v) is 14.6. The molecule has 126 valence electrons. The number of anilines is 1. The van der Waals surface area contributed by atoms with Crippen molar-refractivity contribution in [1.82, 2.24) is 9.97 Å². The van der Waals surface area contributed by atoms with Crippen LogP contribution in [0.3, 0.4) is 0 Å². The van der Waals surface area contributed by atoms with Gasteiger partial charge in [-0.1, -0.05) is 29.8 Å². The minimum atomic E-state index is 0.0650. The minimum absolute atomic E-state index is 0.0650. The summed E-state index contributed by atoms with van der Waals surface area (Å²) in [5, 5.41) is 12.1. The van der Waals surface area contributed by atoms with E-state index in [1.54, 1.807) is 18.3 Å². The van der Waals surface area contributed by atoms with Gasteiger partial charge in [0, 0.05) is 17.8 Å². The molecular weight excluding hydrogens is 312 g/mol. The van der Waals surface area contributed by atoms with Crippen molar-refractivity contribution in [1.29, 1.82) is 5.26 Å². The average Bonchev–Trinajstić information content (AvgIpc) is 2.59. The number of ether oxygens (including phenoxy) is 1.